The number of hydrogen-bond donors (Lipinski definition) is 0. The maximum atomic E-state index is 2.59. The predicted molar refractivity (Wildman–Crippen MR) is 220 cm³/mol. The highest BCUT2D eigenvalue weighted by Gasteiger charge is 2.36. The smallest absolute Gasteiger partial charge is 0.0496 e. The second-order valence-electron chi connectivity index (χ2n) is 16.2. The van der Waals surface area contributed by atoms with Gasteiger partial charge in [-0.25, -0.2) is 0 Å². The van der Waals surface area contributed by atoms with Gasteiger partial charge in [0.05, 0.1) is 0 Å². The third-order valence-corrected chi connectivity index (χ3v) is 12.6. The summed E-state index contributed by atoms with van der Waals surface area (Å²) in [7, 11) is 0. The lowest BCUT2D eigenvalue weighted by Gasteiger charge is -2.31. The predicted octanol–water partition coefficient (Wildman–Crippen LogP) is 13.8. The Labute approximate surface area is 311 Å². The highest BCUT2D eigenvalue weighted by molar-refractivity contribution is 5.87. The van der Waals surface area contributed by atoms with Crippen molar-refractivity contribution in [3.8, 4) is 22.3 Å². The maximum absolute atomic E-state index is 2.59. The van der Waals surface area contributed by atoms with E-state index in [1.807, 2.05) is 0 Å². The molecule has 6 aliphatic rings. The fraction of sp³-hybridized carbons (Fsp3) is 0.294. The van der Waals surface area contributed by atoms with Gasteiger partial charge in [-0.1, -0.05) is 143 Å². The number of aryl methyl sites for hydroxylation is 4. The number of nitrogens with zero attached hydrogens (tertiary/aromatic N) is 1. The second-order valence-corrected chi connectivity index (χ2v) is 16.2. The standard InChI is InChI=1S/C51H51N/c1-51(2)48-34-43(40-13-9-6-10-14-40)27-31-46(48)47-32-30-45(35-49(47)51)52(44-28-25-41(26-29-44)39-11-7-4-3-5-8-12-39)50-33-38-20-19-36-15-17-37(18-16-36)21-23-42(50)24-22-38/h6,9-10,13-18,22,24-35,39H,3-5,7-8,11-12,19-21,23H2,1-2H3. The first-order valence-electron chi connectivity index (χ1n) is 20.0. The van der Waals surface area contributed by atoms with Crippen molar-refractivity contribution in [3.63, 3.8) is 0 Å². The molecule has 6 aliphatic carbocycles. The number of rotatable bonds is 5. The second kappa shape index (κ2) is 13.9. The van der Waals surface area contributed by atoms with Gasteiger partial charge >= 0.3 is 0 Å². The molecule has 0 atom stereocenters. The zero-order valence-corrected chi connectivity index (χ0v) is 31.0. The third kappa shape index (κ3) is 6.29. The monoisotopic (exact) mass is 677 g/mol. The molecule has 1 heteroatoms. The van der Waals surface area contributed by atoms with Crippen molar-refractivity contribution in [2.75, 3.05) is 4.90 Å². The van der Waals surface area contributed by atoms with Crippen LogP contribution in [-0.2, 0) is 31.1 Å². The Morgan fingerprint density at radius 1 is 0.481 bits per heavy atom. The van der Waals surface area contributed by atoms with Crippen molar-refractivity contribution < 1.29 is 0 Å². The van der Waals surface area contributed by atoms with Crippen LogP contribution in [0.2, 0.25) is 0 Å². The van der Waals surface area contributed by atoms with Crippen LogP contribution in [0.5, 0.6) is 0 Å². The van der Waals surface area contributed by atoms with Crippen LogP contribution in [0.4, 0.5) is 17.1 Å². The first kappa shape index (κ1) is 33.0. The van der Waals surface area contributed by atoms with Crippen LogP contribution in [0.15, 0.2) is 133 Å². The van der Waals surface area contributed by atoms with Gasteiger partial charge in [-0.3, -0.25) is 0 Å². The molecule has 1 nitrogen and oxygen atoms in total. The summed E-state index contributed by atoms with van der Waals surface area (Å²) < 4.78 is 0. The molecule has 12 rings (SSSR count). The fourth-order valence-corrected chi connectivity index (χ4v) is 9.41. The molecule has 0 N–H and O–H groups in total. The third-order valence-electron chi connectivity index (χ3n) is 12.6. The van der Waals surface area contributed by atoms with Crippen molar-refractivity contribution >= 4 is 17.1 Å². The highest BCUT2D eigenvalue weighted by Crippen LogP contribution is 2.52. The van der Waals surface area contributed by atoms with E-state index in [0.717, 1.165) is 25.7 Å². The Morgan fingerprint density at radius 3 is 1.81 bits per heavy atom. The fourth-order valence-electron chi connectivity index (χ4n) is 9.41. The summed E-state index contributed by atoms with van der Waals surface area (Å²) in [5, 5.41) is 0. The highest BCUT2D eigenvalue weighted by atomic mass is 15.1. The maximum Gasteiger partial charge on any atom is 0.0496 e. The molecular formula is C51H51N. The summed E-state index contributed by atoms with van der Waals surface area (Å²) >= 11 is 0. The van der Waals surface area contributed by atoms with Gasteiger partial charge in [0.2, 0.25) is 0 Å². The minimum atomic E-state index is -0.118. The van der Waals surface area contributed by atoms with Gasteiger partial charge in [-0.15, -0.1) is 0 Å². The number of benzene rings is 6. The minimum Gasteiger partial charge on any atom is -0.310 e. The van der Waals surface area contributed by atoms with Gasteiger partial charge in [0, 0.05) is 22.5 Å². The lowest BCUT2D eigenvalue weighted by atomic mass is 9.81. The Morgan fingerprint density at radius 2 is 1.08 bits per heavy atom. The van der Waals surface area contributed by atoms with Crippen LogP contribution in [0.25, 0.3) is 22.3 Å². The van der Waals surface area contributed by atoms with Crippen molar-refractivity contribution in [1.82, 2.24) is 0 Å². The van der Waals surface area contributed by atoms with Gasteiger partial charge in [0.15, 0.2) is 0 Å². The number of fused-ring (bicyclic) bond motifs is 3. The number of hydrogen-bond acceptors (Lipinski definition) is 1. The molecule has 0 amide bonds. The summed E-state index contributed by atoms with van der Waals surface area (Å²) in [6.45, 7) is 4.83. The van der Waals surface area contributed by atoms with Crippen LogP contribution in [-0.4, -0.2) is 0 Å². The van der Waals surface area contributed by atoms with Crippen LogP contribution >= 0.6 is 0 Å². The average molecular weight is 678 g/mol. The molecule has 0 aromatic heterocycles. The molecule has 0 saturated heterocycles. The summed E-state index contributed by atoms with van der Waals surface area (Å²) in [4.78, 5) is 2.59. The Kier molecular flexibility index (Phi) is 8.83. The molecule has 0 spiro atoms. The molecule has 0 aliphatic heterocycles. The summed E-state index contributed by atoms with van der Waals surface area (Å²) in [5.41, 5.74) is 19.0. The molecule has 260 valence electrons. The molecule has 0 heterocycles. The molecule has 0 unspecified atom stereocenters. The zero-order chi connectivity index (χ0) is 35.1. The first-order chi connectivity index (χ1) is 25.5. The molecule has 6 aromatic carbocycles. The minimum absolute atomic E-state index is 0.118. The summed E-state index contributed by atoms with van der Waals surface area (Å²) in [6.07, 6.45) is 13.7. The van der Waals surface area contributed by atoms with Gasteiger partial charge in [-0.05, 0) is 142 Å². The lowest BCUT2D eigenvalue weighted by molar-refractivity contribution is 0.455. The van der Waals surface area contributed by atoms with Crippen molar-refractivity contribution in [1.29, 1.82) is 0 Å². The summed E-state index contributed by atoms with van der Waals surface area (Å²) in [5.74, 6) is 0.679. The van der Waals surface area contributed by atoms with E-state index in [1.165, 1.54) is 123 Å². The van der Waals surface area contributed by atoms with E-state index in [2.05, 4.69) is 152 Å². The SMILES string of the molecule is CC1(C)c2cc(-c3ccccc3)ccc2-c2ccc(N(c3ccc(C4CCCCCCC4)cc3)c3cc4ccc3CCc3ccc(cc3)CC4)cc21. The Hall–Kier alpha value is -4.88. The largest absolute Gasteiger partial charge is 0.310 e. The number of anilines is 3. The van der Waals surface area contributed by atoms with Crippen LogP contribution in [0.1, 0.15) is 104 Å². The van der Waals surface area contributed by atoms with Gasteiger partial charge in [-0.2, -0.15) is 0 Å². The molecule has 1 saturated carbocycles. The Bertz CT molecular complexity index is 2180. The molecule has 0 radical (unpaired) electrons. The lowest BCUT2D eigenvalue weighted by Crippen LogP contribution is -2.17. The Balaban J connectivity index is 1.15. The van der Waals surface area contributed by atoms with E-state index in [0.29, 0.717) is 5.92 Å². The molecule has 52 heavy (non-hydrogen) atoms. The molecule has 4 bridgehead atoms. The van der Waals surface area contributed by atoms with E-state index in [1.54, 1.807) is 0 Å². The van der Waals surface area contributed by atoms with Gasteiger partial charge in [0.1, 0.15) is 0 Å². The molecular weight excluding hydrogens is 627 g/mol. The first-order valence-corrected chi connectivity index (χ1v) is 20.0. The zero-order valence-electron chi connectivity index (χ0n) is 31.0. The van der Waals surface area contributed by atoms with Crippen LogP contribution < -0.4 is 4.90 Å². The van der Waals surface area contributed by atoms with Crippen molar-refractivity contribution in [2.45, 2.75) is 95.8 Å². The average Bonchev–Trinajstić information content (AvgIpc) is 3.39. The van der Waals surface area contributed by atoms with E-state index in [-0.39, 0.29) is 5.41 Å². The quantitative estimate of drug-likeness (QED) is 0.176. The van der Waals surface area contributed by atoms with Crippen molar-refractivity contribution in [2.24, 2.45) is 0 Å². The topological polar surface area (TPSA) is 3.24 Å². The normalized spacial score (nSPS) is 16.7. The van der Waals surface area contributed by atoms with E-state index >= 15 is 0 Å². The molecule has 1 fully saturated rings. The van der Waals surface area contributed by atoms with Crippen molar-refractivity contribution in [3.05, 3.63) is 172 Å². The van der Waals surface area contributed by atoms with Crippen LogP contribution in [0, 0.1) is 0 Å². The van der Waals surface area contributed by atoms with Gasteiger partial charge < -0.3 is 4.90 Å². The van der Waals surface area contributed by atoms with Gasteiger partial charge in [0.25, 0.3) is 0 Å². The molecule has 6 aromatic rings. The van der Waals surface area contributed by atoms with E-state index in [4.69, 9.17) is 0 Å². The van der Waals surface area contributed by atoms with Crippen LogP contribution in [0.3, 0.4) is 0 Å². The van der Waals surface area contributed by atoms with E-state index in [9.17, 15) is 0 Å². The van der Waals surface area contributed by atoms with E-state index < -0.39 is 0 Å². The summed E-state index contributed by atoms with van der Waals surface area (Å²) in [6, 6.07) is 51.6.